The van der Waals surface area contributed by atoms with E-state index in [0.29, 0.717) is 0 Å². The molecule has 0 amide bonds. The van der Waals surface area contributed by atoms with Gasteiger partial charge in [-0.3, -0.25) is 4.79 Å². The van der Waals surface area contributed by atoms with Gasteiger partial charge in [0.05, 0.1) is 8.07 Å². The normalized spacial score (nSPS) is 15.7. The minimum Gasteiger partial charge on any atom is -0.346 e. The molecular weight excluding hydrogens is 302 g/mol. The van der Waals surface area contributed by atoms with Gasteiger partial charge in [0.2, 0.25) is 0 Å². The number of carbonyl (C=O) groups is 1. The third-order valence-electron chi connectivity index (χ3n) is 3.60. The van der Waals surface area contributed by atoms with Gasteiger partial charge in [-0.05, 0) is 13.0 Å². The fraction of sp³-hybridized carbons (Fsp3) is 0.923. The number of hydrogen-bond donors (Lipinski definition) is 1. The fourth-order valence-corrected chi connectivity index (χ4v) is 15.5. The Bertz CT molecular complexity index is 301. The van der Waals surface area contributed by atoms with Crippen molar-refractivity contribution < 1.29 is 4.79 Å². The maximum absolute atomic E-state index is 11.8. The molecule has 0 aromatic carbocycles. The van der Waals surface area contributed by atoms with Gasteiger partial charge in [0.25, 0.3) is 0 Å². The van der Waals surface area contributed by atoms with Crippen molar-refractivity contribution in [1.82, 2.24) is 4.23 Å². The van der Waals surface area contributed by atoms with Gasteiger partial charge in [0, 0.05) is 5.54 Å². The van der Waals surface area contributed by atoms with E-state index >= 15 is 0 Å². The van der Waals surface area contributed by atoms with Crippen LogP contribution in [0.3, 0.4) is 0 Å². The molecule has 0 aliphatic heterocycles. The van der Waals surface area contributed by atoms with Gasteiger partial charge in [0.1, 0.15) is 16.5 Å². The second kappa shape index (κ2) is 6.60. The van der Waals surface area contributed by atoms with Crippen molar-refractivity contribution in [3.05, 3.63) is 0 Å². The van der Waals surface area contributed by atoms with Crippen molar-refractivity contribution in [1.29, 1.82) is 0 Å². The molecule has 6 heteroatoms. The summed E-state index contributed by atoms with van der Waals surface area (Å²) in [5, 5.41) is 0.102. The zero-order valence-corrected chi connectivity index (χ0v) is 18.2. The van der Waals surface area contributed by atoms with Crippen LogP contribution in [0.25, 0.3) is 0 Å². The molecule has 0 aliphatic carbocycles. The Morgan fingerprint density at radius 3 is 1.53 bits per heavy atom. The Kier molecular flexibility index (Phi) is 6.81. The van der Waals surface area contributed by atoms with Crippen LogP contribution in [-0.4, -0.2) is 40.4 Å². The van der Waals surface area contributed by atoms with Crippen molar-refractivity contribution >= 4 is 42.3 Å². The van der Waals surface area contributed by atoms with E-state index in [1.807, 2.05) is 0 Å². The molecule has 1 atom stereocenters. The van der Waals surface area contributed by atoms with Gasteiger partial charge >= 0.3 is 0 Å². The number of nitrogens with zero attached hydrogens (tertiary/aromatic N) is 1. The molecule has 0 bridgehead atoms. The van der Waals surface area contributed by atoms with Crippen LogP contribution in [0, 0.1) is 0 Å². The Balaban J connectivity index is 4.96. The SMILES string of the molecule is C[Si](C)(C)C(CCN([Si](C)(C)C)[Si](C)(C)C)C(=O)S. The first-order chi connectivity index (χ1) is 8.17. The molecule has 0 heterocycles. The maximum Gasteiger partial charge on any atom is 0.186 e. The van der Waals surface area contributed by atoms with Crippen molar-refractivity contribution in [2.75, 3.05) is 6.54 Å². The molecule has 114 valence electrons. The van der Waals surface area contributed by atoms with Crippen LogP contribution in [0.1, 0.15) is 6.42 Å². The predicted octanol–water partition coefficient (Wildman–Crippen LogP) is 4.51. The summed E-state index contributed by atoms with van der Waals surface area (Å²) in [5.41, 5.74) is 0.186. The molecule has 0 aliphatic rings. The lowest BCUT2D eigenvalue weighted by Gasteiger charge is -2.44. The molecule has 1 unspecified atom stereocenters. The van der Waals surface area contributed by atoms with Crippen LogP contribution in [0.5, 0.6) is 0 Å². The van der Waals surface area contributed by atoms with E-state index in [2.05, 4.69) is 75.8 Å². The lowest BCUT2D eigenvalue weighted by atomic mass is 10.3. The van der Waals surface area contributed by atoms with Crippen molar-refractivity contribution in [2.45, 2.75) is 70.9 Å². The molecule has 0 radical (unpaired) electrons. The van der Waals surface area contributed by atoms with E-state index in [1.54, 1.807) is 0 Å². The number of rotatable bonds is 7. The van der Waals surface area contributed by atoms with E-state index in [0.717, 1.165) is 13.0 Å². The lowest BCUT2D eigenvalue weighted by molar-refractivity contribution is -0.111. The summed E-state index contributed by atoms with van der Waals surface area (Å²) < 4.78 is 2.77. The van der Waals surface area contributed by atoms with Gasteiger partial charge in [-0.1, -0.05) is 58.9 Å². The molecule has 0 saturated heterocycles. The third-order valence-corrected chi connectivity index (χ3v) is 14.5. The molecule has 0 saturated carbocycles. The summed E-state index contributed by atoms with van der Waals surface area (Å²) in [6.07, 6.45) is 0.993. The maximum atomic E-state index is 11.8. The van der Waals surface area contributed by atoms with E-state index in [-0.39, 0.29) is 10.7 Å². The quantitative estimate of drug-likeness (QED) is 0.545. The Morgan fingerprint density at radius 1 is 0.947 bits per heavy atom. The number of thiol groups is 1. The second-order valence-electron chi connectivity index (χ2n) is 8.54. The van der Waals surface area contributed by atoms with Gasteiger partial charge in [-0.25, -0.2) is 0 Å². The summed E-state index contributed by atoms with van der Waals surface area (Å²) in [4.78, 5) is 11.8. The number of hydrogen-bond acceptors (Lipinski definition) is 2. The number of carbonyl (C=O) groups excluding carboxylic acids is 1. The monoisotopic (exact) mass is 335 g/mol. The molecule has 2 nitrogen and oxygen atoms in total. The van der Waals surface area contributed by atoms with Gasteiger partial charge in [0.15, 0.2) is 5.12 Å². The Hall–Kier alpha value is 0.631. The van der Waals surface area contributed by atoms with E-state index in [9.17, 15) is 4.79 Å². The molecule has 0 N–H and O–H groups in total. The van der Waals surface area contributed by atoms with Crippen LogP contribution in [0.15, 0.2) is 0 Å². The van der Waals surface area contributed by atoms with Crippen LogP contribution in [0.2, 0.25) is 64.5 Å². The van der Waals surface area contributed by atoms with Crippen LogP contribution in [0.4, 0.5) is 0 Å². The molecule has 0 aromatic rings. The molecule has 0 spiro atoms. The topological polar surface area (TPSA) is 20.3 Å². The highest BCUT2D eigenvalue weighted by atomic mass is 32.1. The van der Waals surface area contributed by atoms with Crippen LogP contribution < -0.4 is 0 Å². The van der Waals surface area contributed by atoms with E-state index in [4.69, 9.17) is 0 Å². The highest BCUT2D eigenvalue weighted by Crippen LogP contribution is 2.30. The standard InChI is InChI=1S/C13H33NOSSi3/c1-17(2,3)12(13(15)16)10-11-14(18(4,5)6)19(7,8)9/h12H,10-11H2,1-9H3,(H,15,16). The average molecular weight is 336 g/mol. The van der Waals surface area contributed by atoms with Gasteiger partial charge < -0.3 is 4.23 Å². The van der Waals surface area contributed by atoms with Gasteiger partial charge in [-0.2, -0.15) is 0 Å². The summed E-state index contributed by atoms with van der Waals surface area (Å²) in [5.74, 6) is 0. The smallest absolute Gasteiger partial charge is 0.186 e. The highest BCUT2D eigenvalue weighted by Gasteiger charge is 2.37. The molecule has 0 fully saturated rings. The summed E-state index contributed by atoms with van der Waals surface area (Å²) >= 11 is 4.13. The zero-order valence-electron chi connectivity index (χ0n) is 14.3. The Morgan fingerprint density at radius 2 is 1.32 bits per heavy atom. The summed E-state index contributed by atoms with van der Waals surface area (Å²) in [6.45, 7) is 22.4. The average Bonchev–Trinajstić information content (AvgIpc) is 2.04. The second-order valence-corrected chi connectivity index (χ2v) is 24.6. The largest absolute Gasteiger partial charge is 0.346 e. The van der Waals surface area contributed by atoms with Crippen molar-refractivity contribution in [3.63, 3.8) is 0 Å². The highest BCUT2D eigenvalue weighted by molar-refractivity contribution is 7.97. The van der Waals surface area contributed by atoms with Crippen molar-refractivity contribution in [2.24, 2.45) is 0 Å². The predicted molar refractivity (Wildman–Crippen MR) is 99.1 cm³/mol. The summed E-state index contributed by atoms with van der Waals surface area (Å²) in [7, 11) is -4.07. The fourth-order valence-electron chi connectivity index (χ4n) is 2.86. The van der Waals surface area contributed by atoms with Crippen molar-refractivity contribution in [3.8, 4) is 0 Å². The van der Waals surface area contributed by atoms with Crippen LogP contribution in [-0.2, 0) is 4.79 Å². The molecule has 0 aromatic heterocycles. The van der Waals surface area contributed by atoms with E-state index < -0.39 is 24.5 Å². The first-order valence-electron chi connectivity index (χ1n) is 7.18. The Labute approximate surface area is 128 Å². The molecule has 0 rings (SSSR count). The van der Waals surface area contributed by atoms with Crippen LogP contribution >= 0.6 is 12.6 Å². The third kappa shape index (κ3) is 6.75. The molecule has 19 heavy (non-hydrogen) atoms. The summed E-state index contributed by atoms with van der Waals surface area (Å²) in [6, 6.07) is 0. The first-order valence-corrected chi connectivity index (χ1v) is 18.1. The minimum atomic E-state index is -1.46. The first kappa shape index (κ1) is 19.6. The molecular formula is C13H33NOSSi3. The minimum absolute atomic E-state index is 0.102. The van der Waals surface area contributed by atoms with E-state index in [1.165, 1.54) is 0 Å². The zero-order chi connectivity index (χ0) is 15.6. The van der Waals surface area contributed by atoms with Gasteiger partial charge in [-0.15, -0.1) is 12.6 Å². The lowest BCUT2D eigenvalue weighted by Crippen LogP contribution is -2.59.